The summed E-state index contributed by atoms with van der Waals surface area (Å²) in [5, 5.41) is 0.413. The number of amides is 2. The van der Waals surface area contributed by atoms with Crippen LogP contribution in [0.5, 0.6) is 5.75 Å². The van der Waals surface area contributed by atoms with Crippen LogP contribution in [0.1, 0.15) is 0 Å². The molecule has 2 aliphatic heterocycles. The molecular formula is C18H17ClN2O4S. The first-order chi connectivity index (χ1) is 12.4. The van der Waals surface area contributed by atoms with E-state index in [1.54, 1.807) is 60.5 Å². The molecule has 2 amide bonds. The number of ether oxygens (including phenoxy) is 1. The lowest BCUT2D eigenvalue weighted by Gasteiger charge is -2.23. The quantitative estimate of drug-likeness (QED) is 0.753. The van der Waals surface area contributed by atoms with E-state index in [9.17, 15) is 13.2 Å². The number of halogens is 1. The van der Waals surface area contributed by atoms with Gasteiger partial charge in [0.15, 0.2) is 9.84 Å². The number of anilines is 2. The number of urea groups is 1. The van der Waals surface area contributed by atoms with Crippen molar-refractivity contribution in [3.8, 4) is 5.75 Å². The van der Waals surface area contributed by atoms with Crippen LogP contribution >= 0.6 is 11.6 Å². The summed E-state index contributed by atoms with van der Waals surface area (Å²) in [7, 11) is -1.70. The van der Waals surface area contributed by atoms with Crippen molar-refractivity contribution in [1.82, 2.24) is 0 Å². The molecule has 2 saturated heterocycles. The minimum absolute atomic E-state index is 0.0679. The summed E-state index contributed by atoms with van der Waals surface area (Å²) in [6.07, 6.45) is 0. The first-order valence-electron chi connectivity index (χ1n) is 8.13. The van der Waals surface area contributed by atoms with E-state index in [1.807, 2.05) is 0 Å². The molecule has 2 atom stereocenters. The number of sulfone groups is 1. The number of carbonyl (C=O) groups is 1. The largest absolute Gasteiger partial charge is 0.497 e. The van der Waals surface area contributed by atoms with Crippen molar-refractivity contribution < 1.29 is 17.9 Å². The molecule has 0 saturated carbocycles. The average molecular weight is 393 g/mol. The summed E-state index contributed by atoms with van der Waals surface area (Å²) in [6, 6.07) is 12.8. The minimum Gasteiger partial charge on any atom is -0.497 e. The molecule has 2 aliphatic rings. The summed E-state index contributed by atoms with van der Waals surface area (Å²) >= 11 is 6.29. The fraction of sp³-hybridized carbons (Fsp3) is 0.278. The monoisotopic (exact) mass is 392 g/mol. The maximum atomic E-state index is 13.2. The number of nitrogens with zero attached hydrogens (tertiary/aromatic N) is 2. The third-order valence-electron chi connectivity index (χ3n) is 4.81. The van der Waals surface area contributed by atoms with Crippen molar-refractivity contribution in [2.24, 2.45) is 0 Å². The fourth-order valence-corrected chi connectivity index (χ4v) is 5.84. The smallest absolute Gasteiger partial charge is 0.329 e. The standard InChI is InChI=1S/C18H17ClN2O4S/c1-25-13-6-4-5-12(9-13)20-16-10-26(23,24)11-17(16)21(18(20)22)15-8-3-2-7-14(15)19/h2-9,16-17H,10-11H2,1H3/t16-,17-/m0/s1. The number of benzene rings is 2. The van der Waals surface area contributed by atoms with E-state index in [-0.39, 0.29) is 17.5 Å². The van der Waals surface area contributed by atoms with E-state index < -0.39 is 21.9 Å². The van der Waals surface area contributed by atoms with E-state index in [1.165, 1.54) is 4.90 Å². The zero-order valence-electron chi connectivity index (χ0n) is 14.0. The molecule has 8 heteroatoms. The number of carbonyl (C=O) groups excluding carboxylic acids is 1. The third kappa shape index (κ3) is 2.71. The summed E-state index contributed by atoms with van der Waals surface area (Å²) in [5.41, 5.74) is 1.13. The predicted molar refractivity (Wildman–Crippen MR) is 101 cm³/mol. The highest BCUT2D eigenvalue weighted by Crippen LogP contribution is 2.40. The molecule has 136 valence electrons. The first kappa shape index (κ1) is 17.2. The molecule has 2 fully saturated rings. The summed E-state index contributed by atoms with van der Waals surface area (Å²) in [6.45, 7) is 0. The molecule has 0 spiro atoms. The van der Waals surface area contributed by atoms with Gasteiger partial charge in [0.05, 0.1) is 41.4 Å². The van der Waals surface area contributed by atoms with E-state index >= 15 is 0 Å². The summed E-state index contributed by atoms with van der Waals surface area (Å²) < 4.78 is 29.8. The fourth-order valence-electron chi connectivity index (χ4n) is 3.69. The summed E-state index contributed by atoms with van der Waals surface area (Å²) in [5.74, 6) is 0.459. The molecule has 2 heterocycles. The Labute approximate surface area is 156 Å². The lowest BCUT2D eigenvalue weighted by atomic mass is 10.1. The number of hydrogen-bond donors (Lipinski definition) is 0. The van der Waals surface area contributed by atoms with E-state index in [2.05, 4.69) is 0 Å². The topological polar surface area (TPSA) is 66.9 Å². The Balaban J connectivity index is 1.83. The molecule has 0 bridgehead atoms. The molecule has 0 radical (unpaired) electrons. The lowest BCUT2D eigenvalue weighted by molar-refractivity contribution is 0.255. The average Bonchev–Trinajstić information content (AvgIpc) is 3.04. The zero-order valence-corrected chi connectivity index (χ0v) is 15.6. The van der Waals surface area contributed by atoms with Gasteiger partial charge in [-0.15, -0.1) is 0 Å². The third-order valence-corrected chi connectivity index (χ3v) is 6.83. The Bertz CT molecular complexity index is 979. The van der Waals surface area contributed by atoms with Gasteiger partial charge in [-0.25, -0.2) is 13.2 Å². The second-order valence-electron chi connectivity index (χ2n) is 6.39. The molecule has 4 rings (SSSR count). The Morgan fingerprint density at radius 3 is 2.42 bits per heavy atom. The van der Waals surface area contributed by atoms with Gasteiger partial charge in [0.25, 0.3) is 0 Å². The van der Waals surface area contributed by atoms with Gasteiger partial charge >= 0.3 is 6.03 Å². The number of para-hydroxylation sites is 1. The van der Waals surface area contributed by atoms with Crippen LogP contribution in [-0.2, 0) is 9.84 Å². The van der Waals surface area contributed by atoms with Gasteiger partial charge in [-0.3, -0.25) is 9.80 Å². The molecule has 0 aliphatic carbocycles. The van der Waals surface area contributed by atoms with Gasteiger partial charge < -0.3 is 4.74 Å². The van der Waals surface area contributed by atoms with Gasteiger partial charge in [0.1, 0.15) is 5.75 Å². The molecule has 2 aromatic carbocycles. The summed E-state index contributed by atoms with van der Waals surface area (Å²) in [4.78, 5) is 16.3. The van der Waals surface area contributed by atoms with Crippen LogP contribution in [0, 0.1) is 0 Å². The van der Waals surface area contributed by atoms with Crippen LogP contribution in [0.3, 0.4) is 0 Å². The Morgan fingerprint density at radius 1 is 1.04 bits per heavy atom. The van der Waals surface area contributed by atoms with Gasteiger partial charge in [-0.05, 0) is 24.3 Å². The highest BCUT2D eigenvalue weighted by Gasteiger charge is 2.54. The highest BCUT2D eigenvalue weighted by atomic mass is 35.5. The van der Waals surface area contributed by atoms with Crippen LogP contribution in [0.4, 0.5) is 16.2 Å². The number of hydrogen-bond acceptors (Lipinski definition) is 4. The van der Waals surface area contributed by atoms with Crippen LogP contribution in [0.15, 0.2) is 48.5 Å². The molecule has 0 N–H and O–H groups in total. The van der Waals surface area contributed by atoms with E-state index in [0.717, 1.165) is 0 Å². The molecule has 6 nitrogen and oxygen atoms in total. The number of fused-ring (bicyclic) bond motifs is 1. The van der Waals surface area contributed by atoms with E-state index in [4.69, 9.17) is 16.3 Å². The van der Waals surface area contributed by atoms with Crippen LogP contribution < -0.4 is 14.5 Å². The maximum absolute atomic E-state index is 13.2. The van der Waals surface area contributed by atoms with E-state index in [0.29, 0.717) is 22.1 Å². The number of rotatable bonds is 3. The zero-order chi connectivity index (χ0) is 18.5. The van der Waals surface area contributed by atoms with Crippen molar-refractivity contribution in [2.75, 3.05) is 28.4 Å². The van der Waals surface area contributed by atoms with Crippen molar-refractivity contribution in [2.45, 2.75) is 12.1 Å². The Morgan fingerprint density at radius 2 is 1.73 bits per heavy atom. The Hall–Kier alpha value is -2.25. The molecule has 2 aromatic rings. The molecular weight excluding hydrogens is 376 g/mol. The highest BCUT2D eigenvalue weighted by molar-refractivity contribution is 7.91. The van der Waals surface area contributed by atoms with Crippen molar-refractivity contribution in [1.29, 1.82) is 0 Å². The Kier molecular flexibility index (Phi) is 4.08. The van der Waals surface area contributed by atoms with Crippen LogP contribution in [-0.4, -0.2) is 45.1 Å². The van der Waals surface area contributed by atoms with Gasteiger partial charge in [-0.2, -0.15) is 0 Å². The van der Waals surface area contributed by atoms with Crippen molar-refractivity contribution in [3.05, 3.63) is 53.6 Å². The number of methoxy groups -OCH3 is 1. The molecule has 26 heavy (non-hydrogen) atoms. The van der Waals surface area contributed by atoms with Crippen molar-refractivity contribution in [3.63, 3.8) is 0 Å². The first-order valence-corrected chi connectivity index (χ1v) is 10.3. The maximum Gasteiger partial charge on any atom is 0.329 e. The van der Waals surface area contributed by atoms with Crippen LogP contribution in [0.2, 0.25) is 5.02 Å². The SMILES string of the molecule is COc1cccc(N2C(=O)N(c3ccccc3Cl)[C@H]3CS(=O)(=O)C[C@@H]32)c1. The second-order valence-corrected chi connectivity index (χ2v) is 8.95. The lowest BCUT2D eigenvalue weighted by Crippen LogP contribution is -2.38. The van der Waals surface area contributed by atoms with Crippen molar-refractivity contribution >= 4 is 38.8 Å². The molecule has 0 aromatic heterocycles. The minimum atomic E-state index is -3.25. The molecule has 0 unspecified atom stereocenters. The normalized spacial score (nSPS) is 24.0. The van der Waals surface area contributed by atoms with Gasteiger partial charge in [-0.1, -0.05) is 29.8 Å². The van der Waals surface area contributed by atoms with Gasteiger partial charge in [0, 0.05) is 11.8 Å². The van der Waals surface area contributed by atoms with Gasteiger partial charge in [0.2, 0.25) is 0 Å². The second kappa shape index (κ2) is 6.17. The predicted octanol–water partition coefficient (Wildman–Crippen LogP) is 2.96. The van der Waals surface area contributed by atoms with Crippen LogP contribution in [0.25, 0.3) is 0 Å².